The van der Waals surface area contributed by atoms with Crippen molar-refractivity contribution in [3.05, 3.63) is 27.8 Å². The van der Waals surface area contributed by atoms with Crippen molar-refractivity contribution in [2.45, 2.75) is 11.8 Å². The fraction of sp³-hybridized carbons (Fsp3) is 0.333. The molecule has 0 spiro atoms. The minimum atomic E-state index is -3.60. The predicted molar refractivity (Wildman–Crippen MR) is 73.6 cm³/mol. The van der Waals surface area contributed by atoms with Gasteiger partial charge in [0.2, 0.25) is 5.90 Å². The standard InChI is InChI=1S/C12H12ClNO5S/c1-6-5-7(12(15)16)9(13)8(10(6)20(2,17)18)11-14-3-4-19-11/h5H,3-4H2,1-2H3,(H,15,16). The minimum absolute atomic E-state index is 0.0315. The summed E-state index contributed by atoms with van der Waals surface area (Å²) in [6, 6.07) is 1.24. The number of aromatic carboxylic acids is 1. The molecule has 6 nitrogen and oxygen atoms in total. The van der Waals surface area contributed by atoms with Crippen LogP contribution in [0.4, 0.5) is 0 Å². The monoisotopic (exact) mass is 317 g/mol. The molecule has 1 aliphatic heterocycles. The number of aryl methyl sites for hydroxylation is 1. The third kappa shape index (κ3) is 2.51. The van der Waals surface area contributed by atoms with Crippen molar-refractivity contribution >= 4 is 33.3 Å². The quantitative estimate of drug-likeness (QED) is 0.912. The van der Waals surface area contributed by atoms with Crippen molar-refractivity contribution in [1.82, 2.24) is 0 Å². The van der Waals surface area contributed by atoms with Gasteiger partial charge in [-0.2, -0.15) is 0 Å². The van der Waals surface area contributed by atoms with Gasteiger partial charge in [-0.15, -0.1) is 0 Å². The van der Waals surface area contributed by atoms with Crippen LogP contribution in [0.2, 0.25) is 5.02 Å². The van der Waals surface area contributed by atoms with Crippen LogP contribution in [0.5, 0.6) is 0 Å². The van der Waals surface area contributed by atoms with Gasteiger partial charge >= 0.3 is 5.97 Å². The smallest absolute Gasteiger partial charge is 0.337 e. The molecule has 1 heterocycles. The molecule has 20 heavy (non-hydrogen) atoms. The molecule has 0 aliphatic carbocycles. The zero-order chi connectivity index (χ0) is 15.1. The second-order valence-corrected chi connectivity index (χ2v) is 6.70. The molecule has 0 unspecified atom stereocenters. The van der Waals surface area contributed by atoms with Crippen LogP contribution >= 0.6 is 11.6 Å². The Hall–Kier alpha value is -1.60. The van der Waals surface area contributed by atoms with E-state index in [1.165, 1.54) is 13.0 Å². The van der Waals surface area contributed by atoms with Gasteiger partial charge in [0.15, 0.2) is 9.84 Å². The Morgan fingerprint density at radius 3 is 2.60 bits per heavy atom. The van der Waals surface area contributed by atoms with Crippen LogP contribution in [-0.4, -0.2) is 44.8 Å². The first kappa shape index (κ1) is 14.8. The summed E-state index contributed by atoms with van der Waals surface area (Å²) in [4.78, 5) is 15.2. The van der Waals surface area contributed by atoms with Crippen molar-refractivity contribution in [2.24, 2.45) is 4.99 Å². The molecule has 1 aromatic carbocycles. The molecule has 0 saturated carbocycles. The molecule has 0 atom stereocenters. The molecule has 2 rings (SSSR count). The molecule has 8 heteroatoms. The average molecular weight is 318 g/mol. The van der Waals surface area contributed by atoms with Gasteiger partial charge in [0, 0.05) is 6.26 Å². The number of hydrogen-bond acceptors (Lipinski definition) is 5. The van der Waals surface area contributed by atoms with Crippen LogP contribution in [0.1, 0.15) is 21.5 Å². The van der Waals surface area contributed by atoms with Crippen LogP contribution in [0.25, 0.3) is 0 Å². The molecule has 0 bridgehead atoms. The zero-order valence-corrected chi connectivity index (χ0v) is 12.4. The highest BCUT2D eigenvalue weighted by atomic mass is 35.5. The van der Waals surface area contributed by atoms with Crippen molar-refractivity contribution in [1.29, 1.82) is 0 Å². The lowest BCUT2D eigenvalue weighted by Crippen LogP contribution is -2.15. The largest absolute Gasteiger partial charge is 0.478 e. The maximum absolute atomic E-state index is 11.9. The SMILES string of the molecule is Cc1cc(C(=O)O)c(Cl)c(C2=NCCO2)c1S(C)(=O)=O. The topological polar surface area (TPSA) is 93.0 Å². The summed E-state index contributed by atoms with van der Waals surface area (Å²) >= 11 is 6.06. The summed E-state index contributed by atoms with van der Waals surface area (Å²) in [7, 11) is -3.60. The van der Waals surface area contributed by atoms with Crippen LogP contribution in [0.3, 0.4) is 0 Å². The maximum Gasteiger partial charge on any atom is 0.337 e. The highest BCUT2D eigenvalue weighted by Gasteiger charge is 2.29. The van der Waals surface area contributed by atoms with E-state index in [1.54, 1.807) is 0 Å². The molecule has 0 saturated heterocycles. The highest BCUT2D eigenvalue weighted by molar-refractivity contribution is 7.90. The predicted octanol–water partition coefficient (Wildman–Crippen LogP) is 1.53. The molecule has 1 N–H and O–H groups in total. The summed E-state index contributed by atoms with van der Waals surface area (Å²) in [6.45, 7) is 2.20. The Kier molecular flexibility index (Phi) is 3.75. The van der Waals surface area contributed by atoms with Gasteiger partial charge in [-0.25, -0.2) is 18.2 Å². The lowest BCUT2D eigenvalue weighted by Gasteiger charge is -2.14. The van der Waals surface area contributed by atoms with Gasteiger partial charge in [-0.05, 0) is 18.6 Å². The number of nitrogens with zero attached hydrogens (tertiary/aromatic N) is 1. The lowest BCUT2D eigenvalue weighted by atomic mass is 10.1. The van der Waals surface area contributed by atoms with Gasteiger partial charge in [-0.1, -0.05) is 11.6 Å². The minimum Gasteiger partial charge on any atom is -0.478 e. The molecule has 0 amide bonds. The Bertz CT molecular complexity index is 724. The van der Waals surface area contributed by atoms with Crippen molar-refractivity contribution in [2.75, 3.05) is 19.4 Å². The lowest BCUT2D eigenvalue weighted by molar-refractivity contribution is 0.0697. The number of carboxylic acids is 1. The molecular weight excluding hydrogens is 306 g/mol. The Labute approximate surface area is 121 Å². The summed E-state index contributed by atoms with van der Waals surface area (Å²) < 4.78 is 29.1. The maximum atomic E-state index is 11.9. The van der Waals surface area contributed by atoms with Crippen molar-refractivity contribution < 1.29 is 23.1 Å². The molecular formula is C12H12ClNO5S. The first-order valence-corrected chi connectivity index (χ1v) is 7.94. The Balaban J connectivity index is 2.88. The number of aliphatic imine (C=N–C) groups is 1. The number of benzene rings is 1. The van der Waals surface area contributed by atoms with Gasteiger partial charge in [-0.3, -0.25) is 0 Å². The molecule has 0 radical (unpaired) electrons. The second-order valence-electron chi connectivity index (χ2n) is 4.37. The number of carboxylic acid groups (broad SMARTS) is 1. The number of carbonyl (C=O) groups is 1. The van der Waals surface area contributed by atoms with Crippen LogP contribution in [0, 0.1) is 6.92 Å². The number of halogens is 1. The highest BCUT2D eigenvalue weighted by Crippen LogP contribution is 2.32. The number of sulfone groups is 1. The fourth-order valence-electron chi connectivity index (χ4n) is 2.09. The number of hydrogen-bond donors (Lipinski definition) is 1. The number of rotatable bonds is 3. The first-order valence-electron chi connectivity index (χ1n) is 5.67. The van der Waals surface area contributed by atoms with Gasteiger partial charge in [0.05, 0.1) is 27.6 Å². The van der Waals surface area contributed by atoms with Crippen LogP contribution in [-0.2, 0) is 14.6 Å². The van der Waals surface area contributed by atoms with E-state index in [0.717, 1.165) is 6.26 Å². The first-order chi connectivity index (χ1) is 9.23. The third-order valence-electron chi connectivity index (χ3n) is 2.80. The van der Waals surface area contributed by atoms with Crippen molar-refractivity contribution in [3.63, 3.8) is 0 Å². The summed E-state index contributed by atoms with van der Waals surface area (Å²) in [5.74, 6) is -1.17. The van der Waals surface area contributed by atoms with Crippen molar-refractivity contribution in [3.8, 4) is 0 Å². The van der Waals surface area contributed by atoms with Crippen LogP contribution in [0.15, 0.2) is 16.0 Å². The molecule has 108 valence electrons. The zero-order valence-electron chi connectivity index (χ0n) is 10.8. The molecule has 0 aromatic heterocycles. The van der Waals surface area contributed by atoms with E-state index in [0.29, 0.717) is 18.7 Å². The Morgan fingerprint density at radius 2 is 2.15 bits per heavy atom. The van der Waals surface area contributed by atoms with E-state index in [9.17, 15) is 13.2 Å². The van der Waals surface area contributed by atoms with E-state index in [2.05, 4.69) is 4.99 Å². The van der Waals surface area contributed by atoms with E-state index in [1.807, 2.05) is 0 Å². The van der Waals surface area contributed by atoms with E-state index in [4.69, 9.17) is 21.4 Å². The summed E-state index contributed by atoms with van der Waals surface area (Å²) in [5, 5.41) is 8.96. The van der Waals surface area contributed by atoms with E-state index < -0.39 is 15.8 Å². The van der Waals surface area contributed by atoms with Crippen LogP contribution < -0.4 is 0 Å². The summed E-state index contributed by atoms with van der Waals surface area (Å²) in [6.07, 6.45) is 1.03. The van der Waals surface area contributed by atoms with Gasteiger partial charge in [0.1, 0.15) is 6.61 Å². The third-order valence-corrected chi connectivity index (χ3v) is 4.46. The Morgan fingerprint density at radius 1 is 1.50 bits per heavy atom. The molecule has 1 aromatic rings. The number of ether oxygens (including phenoxy) is 1. The van der Waals surface area contributed by atoms with Gasteiger partial charge in [0.25, 0.3) is 0 Å². The average Bonchev–Trinajstić information content (AvgIpc) is 2.82. The van der Waals surface area contributed by atoms with Gasteiger partial charge < -0.3 is 9.84 Å². The fourth-order valence-corrected chi connectivity index (χ4v) is 3.66. The second kappa shape index (κ2) is 5.06. The van der Waals surface area contributed by atoms with E-state index >= 15 is 0 Å². The van der Waals surface area contributed by atoms with E-state index in [-0.39, 0.29) is 26.9 Å². The molecule has 0 fully saturated rings. The normalized spacial score (nSPS) is 14.8. The summed E-state index contributed by atoms with van der Waals surface area (Å²) in [5.41, 5.74) is 0.149. The molecule has 1 aliphatic rings.